The number of ether oxygens (including phenoxy) is 2. The number of halogens is 1. The van der Waals surface area contributed by atoms with Gasteiger partial charge in [0.2, 0.25) is 0 Å². The van der Waals surface area contributed by atoms with Crippen LogP contribution in [0.4, 0.5) is 0 Å². The summed E-state index contributed by atoms with van der Waals surface area (Å²) >= 11 is 3.45. The van der Waals surface area contributed by atoms with Crippen LogP contribution in [0, 0.1) is 0 Å². The Morgan fingerprint density at radius 1 is 1.24 bits per heavy atom. The van der Waals surface area contributed by atoms with Gasteiger partial charge in [0.05, 0.1) is 6.10 Å². The fourth-order valence-electron chi connectivity index (χ4n) is 2.48. The first-order valence-corrected chi connectivity index (χ1v) is 8.49. The van der Waals surface area contributed by atoms with Gasteiger partial charge in [0, 0.05) is 30.7 Å². The monoisotopic (exact) mass is 356 g/mol. The van der Waals surface area contributed by atoms with Crippen LogP contribution >= 0.6 is 15.9 Å². The average molecular weight is 357 g/mol. The Morgan fingerprint density at radius 3 is 2.76 bits per heavy atom. The van der Waals surface area contributed by atoms with Crippen molar-refractivity contribution in [2.45, 2.75) is 25.4 Å². The number of benzene rings is 1. The molecule has 0 spiro atoms. The Morgan fingerprint density at radius 2 is 2.05 bits per heavy atom. The van der Waals surface area contributed by atoms with E-state index in [1.165, 1.54) is 0 Å². The van der Waals surface area contributed by atoms with E-state index in [9.17, 15) is 0 Å². The van der Waals surface area contributed by atoms with Gasteiger partial charge in [-0.15, -0.1) is 0 Å². The minimum absolute atomic E-state index is 0.416. The van der Waals surface area contributed by atoms with Crippen LogP contribution in [-0.4, -0.2) is 50.4 Å². The van der Waals surface area contributed by atoms with Gasteiger partial charge < -0.3 is 15.2 Å². The van der Waals surface area contributed by atoms with Crippen LogP contribution in [-0.2, 0) is 4.74 Å². The molecule has 0 aromatic heterocycles. The van der Waals surface area contributed by atoms with E-state index in [-0.39, 0.29) is 0 Å². The minimum atomic E-state index is 0.416. The summed E-state index contributed by atoms with van der Waals surface area (Å²) in [7, 11) is 0. The summed E-state index contributed by atoms with van der Waals surface area (Å²) in [4.78, 5) is 2.45. The summed E-state index contributed by atoms with van der Waals surface area (Å²) < 4.78 is 12.6. The van der Waals surface area contributed by atoms with E-state index in [2.05, 4.69) is 20.8 Å². The SMILES string of the molecule is NCCCOC1CCN(CCOc2cccc(Br)c2)CC1. The zero-order chi connectivity index (χ0) is 14.9. The van der Waals surface area contributed by atoms with Crippen molar-refractivity contribution in [3.05, 3.63) is 28.7 Å². The van der Waals surface area contributed by atoms with Crippen molar-refractivity contribution in [3.8, 4) is 5.75 Å². The second kappa shape index (κ2) is 9.41. The van der Waals surface area contributed by atoms with Gasteiger partial charge in [-0.1, -0.05) is 22.0 Å². The first-order valence-electron chi connectivity index (χ1n) is 7.70. The molecule has 4 nitrogen and oxygen atoms in total. The fourth-order valence-corrected chi connectivity index (χ4v) is 2.86. The molecule has 1 aliphatic heterocycles. The van der Waals surface area contributed by atoms with Crippen LogP contribution in [0.2, 0.25) is 0 Å². The topological polar surface area (TPSA) is 47.7 Å². The zero-order valence-electron chi connectivity index (χ0n) is 12.5. The Kier molecular flexibility index (Phi) is 7.50. The molecular formula is C16H25BrN2O2. The van der Waals surface area contributed by atoms with Gasteiger partial charge in [0.1, 0.15) is 12.4 Å². The lowest BCUT2D eigenvalue weighted by Gasteiger charge is -2.31. The summed E-state index contributed by atoms with van der Waals surface area (Å²) in [6, 6.07) is 7.98. The fraction of sp³-hybridized carbons (Fsp3) is 0.625. The quantitative estimate of drug-likeness (QED) is 0.727. The highest BCUT2D eigenvalue weighted by Crippen LogP contribution is 2.18. The van der Waals surface area contributed by atoms with Crippen LogP contribution in [0.1, 0.15) is 19.3 Å². The zero-order valence-corrected chi connectivity index (χ0v) is 14.1. The number of likely N-dealkylation sites (tertiary alicyclic amines) is 1. The van der Waals surface area contributed by atoms with Crippen LogP contribution in [0.15, 0.2) is 28.7 Å². The van der Waals surface area contributed by atoms with E-state index in [4.69, 9.17) is 15.2 Å². The molecule has 21 heavy (non-hydrogen) atoms. The number of rotatable bonds is 8. The maximum absolute atomic E-state index is 5.82. The highest BCUT2D eigenvalue weighted by Gasteiger charge is 2.19. The molecule has 1 aliphatic rings. The van der Waals surface area contributed by atoms with E-state index in [0.717, 1.165) is 62.3 Å². The second-order valence-corrected chi connectivity index (χ2v) is 6.28. The van der Waals surface area contributed by atoms with Crippen molar-refractivity contribution in [1.82, 2.24) is 4.90 Å². The average Bonchev–Trinajstić information content (AvgIpc) is 2.49. The molecule has 0 aliphatic carbocycles. The van der Waals surface area contributed by atoms with E-state index in [1.54, 1.807) is 0 Å². The van der Waals surface area contributed by atoms with Crippen LogP contribution < -0.4 is 10.5 Å². The van der Waals surface area contributed by atoms with Crippen molar-refractivity contribution in [2.24, 2.45) is 5.73 Å². The third-order valence-electron chi connectivity index (χ3n) is 3.71. The van der Waals surface area contributed by atoms with E-state index in [1.807, 2.05) is 24.3 Å². The molecule has 118 valence electrons. The highest BCUT2D eigenvalue weighted by atomic mass is 79.9. The van der Waals surface area contributed by atoms with E-state index < -0.39 is 0 Å². The van der Waals surface area contributed by atoms with E-state index >= 15 is 0 Å². The Hall–Kier alpha value is -0.620. The molecule has 0 saturated carbocycles. The molecule has 1 aromatic carbocycles. The summed E-state index contributed by atoms with van der Waals surface area (Å²) in [5.41, 5.74) is 5.47. The minimum Gasteiger partial charge on any atom is -0.492 e. The first kappa shape index (κ1) is 16.7. The molecule has 1 aromatic rings. The number of nitrogens with zero attached hydrogens (tertiary/aromatic N) is 1. The lowest BCUT2D eigenvalue weighted by molar-refractivity contribution is 0.00516. The van der Waals surface area contributed by atoms with Gasteiger partial charge in [0.25, 0.3) is 0 Å². The predicted molar refractivity (Wildman–Crippen MR) is 88.7 cm³/mol. The lowest BCUT2D eigenvalue weighted by Crippen LogP contribution is -2.39. The Balaban J connectivity index is 1.58. The number of hydrogen-bond acceptors (Lipinski definition) is 4. The highest BCUT2D eigenvalue weighted by molar-refractivity contribution is 9.10. The van der Waals surface area contributed by atoms with Gasteiger partial charge >= 0.3 is 0 Å². The Bertz CT molecular complexity index is 409. The largest absolute Gasteiger partial charge is 0.492 e. The number of piperidine rings is 1. The molecule has 0 atom stereocenters. The smallest absolute Gasteiger partial charge is 0.120 e. The summed E-state index contributed by atoms with van der Waals surface area (Å²) in [5.74, 6) is 0.921. The van der Waals surface area contributed by atoms with Crippen molar-refractivity contribution < 1.29 is 9.47 Å². The normalized spacial score (nSPS) is 17.0. The van der Waals surface area contributed by atoms with Crippen molar-refractivity contribution in [2.75, 3.05) is 39.4 Å². The number of hydrogen-bond donors (Lipinski definition) is 1. The maximum Gasteiger partial charge on any atom is 0.120 e. The van der Waals surface area contributed by atoms with Crippen LogP contribution in [0.3, 0.4) is 0 Å². The molecule has 0 unspecified atom stereocenters. The molecule has 2 rings (SSSR count). The van der Waals surface area contributed by atoms with Crippen LogP contribution in [0.25, 0.3) is 0 Å². The molecule has 0 radical (unpaired) electrons. The number of nitrogens with two attached hydrogens (primary N) is 1. The molecular weight excluding hydrogens is 332 g/mol. The predicted octanol–water partition coefficient (Wildman–Crippen LogP) is 2.66. The Labute approximate surface area is 135 Å². The summed E-state index contributed by atoms with van der Waals surface area (Å²) in [5, 5.41) is 0. The van der Waals surface area contributed by atoms with Crippen molar-refractivity contribution >= 4 is 15.9 Å². The summed E-state index contributed by atoms with van der Waals surface area (Å²) in [6.07, 6.45) is 3.60. The standard InChI is InChI=1S/C16H25BrN2O2/c17-14-3-1-4-16(13-14)21-12-10-19-8-5-15(6-9-19)20-11-2-7-18/h1,3-4,13,15H,2,5-12,18H2. The molecule has 0 amide bonds. The molecule has 0 bridgehead atoms. The third kappa shape index (κ3) is 6.34. The molecule has 1 saturated heterocycles. The lowest BCUT2D eigenvalue weighted by atomic mass is 10.1. The third-order valence-corrected chi connectivity index (χ3v) is 4.20. The van der Waals surface area contributed by atoms with Crippen LogP contribution in [0.5, 0.6) is 5.75 Å². The van der Waals surface area contributed by atoms with Gasteiger partial charge in [-0.25, -0.2) is 0 Å². The second-order valence-electron chi connectivity index (χ2n) is 5.36. The van der Waals surface area contributed by atoms with E-state index in [0.29, 0.717) is 12.6 Å². The van der Waals surface area contributed by atoms with Gasteiger partial charge in [-0.05, 0) is 44.0 Å². The molecule has 1 heterocycles. The molecule has 5 heteroatoms. The maximum atomic E-state index is 5.82. The van der Waals surface area contributed by atoms with Crippen molar-refractivity contribution in [3.63, 3.8) is 0 Å². The van der Waals surface area contributed by atoms with Crippen molar-refractivity contribution in [1.29, 1.82) is 0 Å². The van der Waals surface area contributed by atoms with Gasteiger partial charge in [-0.3, -0.25) is 4.90 Å². The molecule has 2 N–H and O–H groups in total. The summed E-state index contributed by atoms with van der Waals surface area (Å²) in [6.45, 7) is 5.40. The first-order chi connectivity index (χ1) is 10.3. The van der Waals surface area contributed by atoms with Gasteiger partial charge in [0.15, 0.2) is 0 Å². The molecule has 1 fully saturated rings. The van der Waals surface area contributed by atoms with Gasteiger partial charge in [-0.2, -0.15) is 0 Å².